The SMILES string of the molecule is Cc1ccc(-c2csc3nc(C(Cl)=Cc4cnn(C)c4)[nH]c(=O)c23)s1. The lowest BCUT2D eigenvalue weighted by Gasteiger charge is -2.00. The predicted molar refractivity (Wildman–Crippen MR) is 105 cm³/mol. The fraction of sp³-hybridized carbons (Fsp3) is 0.118. The molecule has 0 saturated heterocycles. The minimum absolute atomic E-state index is 0.181. The Morgan fingerprint density at radius 3 is 2.92 bits per heavy atom. The molecule has 1 N–H and O–H groups in total. The number of aromatic nitrogens is 4. The average molecular weight is 389 g/mol. The molecule has 126 valence electrons. The van der Waals surface area contributed by atoms with E-state index in [1.54, 1.807) is 28.3 Å². The zero-order valence-electron chi connectivity index (χ0n) is 13.4. The molecule has 4 aromatic rings. The fourth-order valence-electron chi connectivity index (χ4n) is 2.55. The number of hydrogen-bond acceptors (Lipinski definition) is 5. The van der Waals surface area contributed by atoms with Crippen molar-refractivity contribution in [1.82, 2.24) is 19.7 Å². The molecule has 0 fully saturated rings. The van der Waals surface area contributed by atoms with Crippen molar-refractivity contribution < 1.29 is 0 Å². The summed E-state index contributed by atoms with van der Waals surface area (Å²) in [5.41, 5.74) is 1.59. The van der Waals surface area contributed by atoms with Crippen LogP contribution < -0.4 is 5.56 Å². The molecule has 0 unspecified atom stereocenters. The summed E-state index contributed by atoms with van der Waals surface area (Å²) in [6.07, 6.45) is 5.26. The highest BCUT2D eigenvalue weighted by molar-refractivity contribution is 7.19. The van der Waals surface area contributed by atoms with Crippen molar-refractivity contribution >= 4 is 55.6 Å². The third-order valence-electron chi connectivity index (χ3n) is 3.69. The van der Waals surface area contributed by atoms with E-state index in [2.05, 4.69) is 15.1 Å². The summed E-state index contributed by atoms with van der Waals surface area (Å²) in [7, 11) is 1.83. The summed E-state index contributed by atoms with van der Waals surface area (Å²) in [5, 5.41) is 7.05. The van der Waals surface area contributed by atoms with Gasteiger partial charge in [0, 0.05) is 39.5 Å². The van der Waals surface area contributed by atoms with E-state index < -0.39 is 0 Å². The lowest BCUT2D eigenvalue weighted by Crippen LogP contribution is -2.09. The fourth-order valence-corrected chi connectivity index (χ4v) is 4.67. The number of rotatable bonds is 3. The first-order chi connectivity index (χ1) is 12.0. The highest BCUT2D eigenvalue weighted by Crippen LogP contribution is 2.35. The van der Waals surface area contributed by atoms with Crippen LogP contribution in [-0.4, -0.2) is 19.7 Å². The molecule has 4 heterocycles. The van der Waals surface area contributed by atoms with Gasteiger partial charge in [0.15, 0.2) is 5.82 Å². The summed E-state index contributed by atoms with van der Waals surface area (Å²) >= 11 is 9.46. The number of fused-ring (bicyclic) bond motifs is 1. The van der Waals surface area contributed by atoms with Gasteiger partial charge < -0.3 is 4.98 Å². The molecular weight excluding hydrogens is 376 g/mol. The van der Waals surface area contributed by atoms with Crippen LogP contribution in [0.15, 0.2) is 34.7 Å². The van der Waals surface area contributed by atoms with Gasteiger partial charge >= 0.3 is 0 Å². The first-order valence-electron chi connectivity index (χ1n) is 7.46. The minimum atomic E-state index is -0.181. The maximum Gasteiger partial charge on any atom is 0.260 e. The van der Waals surface area contributed by atoms with Crippen molar-refractivity contribution in [3.63, 3.8) is 0 Å². The minimum Gasteiger partial charge on any atom is -0.305 e. The van der Waals surface area contributed by atoms with Crippen LogP contribution in [0, 0.1) is 6.92 Å². The van der Waals surface area contributed by atoms with E-state index in [0.29, 0.717) is 21.1 Å². The Labute approximate surface area is 156 Å². The lowest BCUT2D eigenvalue weighted by atomic mass is 10.2. The van der Waals surface area contributed by atoms with Crippen LogP contribution in [0.3, 0.4) is 0 Å². The zero-order valence-corrected chi connectivity index (χ0v) is 15.8. The van der Waals surface area contributed by atoms with Crippen LogP contribution in [0.25, 0.3) is 31.8 Å². The van der Waals surface area contributed by atoms with Gasteiger partial charge in [0.25, 0.3) is 5.56 Å². The topological polar surface area (TPSA) is 63.6 Å². The number of halogens is 1. The third kappa shape index (κ3) is 3.06. The monoisotopic (exact) mass is 388 g/mol. The van der Waals surface area contributed by atoms with E-state index in [-0.39, 0.29) is 5.56 Å². The maximum atomic E-state index is 12.6. The van der Waals surface area contributed by atoms with Gasteiger partial charge in [-0.2, -0.15) is 5.10 Å². The predicted octanol–water partition coefficient (Wildman–Crippen LogP) is 4.49. The largest absolute Gasteiger partial charge is 0.305 e. The number of thiophene rings is 2. The van der Waals surface area contributed by atoms with Crippen molar-refractivity contribution in [2.45, 2.75) is 6.92 Å². The van der Waals surface area contributed by atoms with Gasteiger partial charge in [-0.25, -0.2) is 4.98 Å². The molecule has 0 aliphatic carbocycles. The van der Waals surface area contributed by atoms with Crippen LogP contribution in [0.5, 0.6) is 0 Å². The molecule has 0 saturated carbocycles. The zero-order chi connectivity index (χ0) is 17.6. The second kappa shape index (κ2) is 6.25. The molecule has 0 aliphatic rings. The van der Waals surface area contributed by atoms with Gasteiger partial charge in [0.05, 0.1) is 16.6 Å². The molecular formula is C17H13ClN4OS2. The van der Waals surface area contributed by atoms with Gasteiger partial charge in [0.1, 0.15) is 4.83 Å². The van der Waals surface area contributed by atoms with Crippen LogP contribution in [-0.2, 0) is 7.05 Å². The first kappa shape index (κ1) is 16.3. The van der Waals surface area contributed by atoms with Crippen molar-refractivity contribution in [3.05, 3.63) is 56.5 Å². The second-order valence-corrected chi connectivity index (χ2v) is 8.15. The van der Waals surface area contributed by atoms with E-state index in [9.17, 15) is 4.79 Å². The second-order valence-electron chi connectivity index (χ2n) is 5.59. The average Bonchev–Trinajstić information content (AvgIpc) is 3.27. The third-order valence-corrected chi connectivity index (χ3v) is 5.89. The van der Waals surface area contributed by atoms with Crippen molar-refractivity contribution in [2.75, 3.05) is 0 Å². The van der Waals surface area contributed by atoms with Gasteiger partial charge in [-0.1, -0.05) is 11.6 Å². The van der Waals surface area contributed by atoms with Gasteiger partial charge in [-0.05, 0) is 25.1 Å². The van der Waals surface area contributed by atoms with E-state index in [1.807, 2.05) is 37.7 Å². The molecule has 25 heavy (non-hydrogen) atoms. The number of hydrogen-bond donors (Lipinski definition) is 1. The highest BCUT2D eigenvalue weighted by Gasteiger charge is 2.15. The smallest absolute Gasteiger partial charge is 0.260 e. The standard InChI is InChI=1S/C17H13ClN4OS2/c1-9-3-4-13(25-9)11-8-24-17-14(11)16(23)20-15(21-17)12(18)5-10-6-19-22(2)7-10/h3-8H,1-2H3,(H,20,21,23). The highest BCUT2D eigenvalue weighted by atomic mass is 35.5. The van der Waals surface area contributed by atoms with E-state index >= 15 is 0 Å². The number of aromatic amines is 1. The van der Waals surface area contributed by atoms with Crippen molar-refractivity contribution in [3.8, 4) is 10.4 Å². The molecule has 0 aliphatic heterocycles. The molecule has 0 aromatic carbocycles. The Morgan fingerprint density at radius 1 is 1.40 bits per heavy atom. The molecule has 5 nitrogen and oxygen atoms in total. The molecule has 4 aromatic heterocycles. The Balaban J connectivity index is 1.81. The molecule has 0 bridgehead atoms. The Hall–Kier alpha value is -2.22. The summed E-state index contributed by atoms with van der Waals surface area (Å²) < 4.78 is 1.68. The van der Waals surface area contributed by atoms with Crippen molar-refractivity contribution in [1.29, 1.82) is 0 Å². The van der Waals surface area contributed by atoms with Crippen LogP contribution >= 0.6 is 34.3 Å². The van der Waals surface area contributed by atoms with Gasteiger partial charge in [-0.15, -0.1) is 22.7 Å². The van der Waals surface area contributed by atoms with Crippen LogP contribution in [0.4, 0.5) is 0 Å². The summed E-state index contributed by atoms with van der Waals surface area (Å²) in [4.78, 5) is 22.9. The Bertz CT molecular complexity index is 1160. The number of H-pyrrole nitrogens is 1. The Morgan fingerprint density at radius 2 is 2.24 bits per heavy atom. The van der Waals surface area contributed by atoms with E-state index in [4.69, 9.17) is 11.6 Å². The Kier molecular flexibility index (Phi) is 4.07. The molecule has 0 spiro atoms. The van der Waals surface area contributed by atoms with Crippen LogP contribution in [0.1, 0.15) is 16.3 Å². The van der Waals surface area contributed by atoms with Crippen molar-refractivity contribution in [2.24, 2.45) is 7.05 Å². The van der Waals surface area contributed by atoms with Gasteiger partial charge in [-0.3, -0.25) is 9.48 Å². The number of nitrogens with zero attached hydrogens (tertiary/aromatic N) is 3. The summed E-state index contributed by atoms with van der Waals surface area (Å²) in [6.45, 7) is 2.05. The number of nitrogens with one attached hydrogen (secondary N) is 1. The van der Waals surface area contributed by atoms with Crippen LogP contribution in [0.2, 0.25) is 0 Å². The summed E-state index contributed by atoms with van der Waals surface area (Å²) in [6, 6.07) is 4.08. The maximum absolute atomic E-state index is 12.6. The molecule has 8 heteroatoms. The molecule has 0 amide bonds. The lowest BCUT2D eigenvalue weighted by molar-refractivity contribution is 0.767. The summed E-state index contributed by atoms with van der Waals surface area (Å²) in [5.74, 6) is 0.360. The quantitative estimate of drug-likeness (QED) is 0.562. The number of aryl methyl sites for hydroxylation is 2. The first-order valence-corrected chi connectivity index (χ1v) is 9.53. The van der Waals surface area contributed by atoms with Gasteiger partial charge in [0.2, 0.25) is 0 Å². The van der Waals surface area contributed by atoms with E-state index in [0.717, 1.165) is 16.0 Å². The molecule has 0 atom stereocenters. The molecule has 4 rings (SSSR count). The van der Waals surface area contributed by atoms with E-state index in [1.165, 1.54) is 16.2 Å². The normalized spacial score (nSPS) is 12.2. The molecule has 0 radical (unpaired) electrons.